The third kappa shape index (κ3) is 2.56. The molecule has 0 aromatic carbocycles. The minimum atomic E-state index is -2.88. The molecule has 0 bridgehead atoms. The van der Waals surface area contributed by atoms with Crippen molar-refractivity contribution in [3.63, 3.8) is 0 Å². The molecular weight excluding hydrogens is 252 g/mol. The van der Waals surface area contributed by atoms with E-state index in [0.29, 0.717) is 18.9 Å². The van der Waals surface area contributed by atoms with Crippen LogP contribution in [0.1, 0.15) is 30.4 Å². The molecule has 1 atom stereocenters. The lowest BCUT2D eigenvalue weighted by Crippen LogP contribution is -2.46. The number of aromatic nitrogens is 3. The van der Waals surface area contributed by atoms with Crippen molar-refractivity contribution in [2.45, 2.75) is 31.2 Å². The molecule has 6 nitrogen and oxygen atoms in total. The first-order chi connectivity index (χ1) is 8.53. The molecule has 2 heterocycles. The highest BCUT2D eigenvalue weighted by Gasteiger charge is 2.30. The summed E-state index contributed by atoms with van der Waals surface area (Å²) in [6, 6.07) is -0.0290. The molecule has 1 aliphatic heterocycles. The molecule has 18 heavy (non-hydrogen) atoms. The van der Waals surface area contributed by atoms with E-state index in [9.17, 15) is 8.42 Å². The van der Waals surface area contributed by atoms with Gasteiger partial charge in [-0.15, -0.1) is 0 Å². The highest BCUT2D eigenvalue weighted by molar-refractivity contribution is 7.91. The molecule has 100 valence electrons. The normalized spacial score (nSPS) is 27.3. The molecule has 1 unspecified atom stereocenters. The molecular formula is C11H18N4O2S. The van der Waals surface area contributed by atoms with Gasteiger partial charge in [-0.2, -0.15) is 5.10 Å². The van der Waals surface area contributed by atoms with Crippen molar-refractivity contribution in [1.82, 2.24) is 20.1 Å². The molecule has 3 rings (SSSR count). The lowest BCUT2D eigenvalue weighted by atomic mass is 10.2. The molecule has 1 aromatic heterocycles. The van der Waals surface area contributed by atoms with E-state index in [1.165, 1.54) is 12.8 Å². The van der Waals surface area contributed by atoms with Gasteiger partial charge in [0.15, 0.2) is 15.7 Å². The Labute approximate surface area is 107 Å². The first-order valence-corrected chi connectivity index (χ1v) is 8.19. The van der Waals surface area contributed by atoms with Crippen LogP contribution in [0.2, 0.25) is 0 Å². The molecule has 0 radical (unpaired) electrons. The summed E-state index contributed by atoms with van der Waals surface area (Å²) in [6.07, 6.45) is 2.99. The van der Waals surface area contributed by atoms with Crippen LogP contribution in [-0.2, 0) is 23.3 Å². The topological polar surface area (TPSA) is 76.9 Å². The maximum Gasteiger partial charge on any atom is 0.154 e. The Morgan fingerprint density at radius 3 is 2.89 bits per heavy atom. The first kappa shape index (κ1) is 12.1. The van der Waals surface area contributed by atoms with E-state index in [2.05, 4.69) is 15.4 Å². The Balaban J connectivity index is 1.71. The number of nitrogens with zero attached hydrogens (tertiary/aromatic N) is 3. The predicted octanol–water partition coefficient (Wildman–Crippen LogP) is -0.378. The highest BCUT2D eigenvalue weighted by Crippen LogP contribution is 2.38. The Kier molecular flexibility index (Phi) is 2.90. The molecule has 7 heteroatoms. The quantitative estimate of drug-likeness (QED) is 0.810. The monoisotopic (exact) mass is 270 g/mol. The van der Waals surface area contributed by atoms with Crippen LogP contribution in [0.15, 0.2) is 0 Å². The van der Waals surface area contributed by atoms with Crippen LogP contribution >= 0.6 is 0 Å². The molecule has 0 spiro atoms. The molecule has 1 aromatic rings. The van der Waals surface area contributed by atoms with Crippen LogP contribution < -0.4 is 5.32 Å². The van der Waals surface area contributed by atoms with Gasteiger partial charge in [-0.25, -0.2) is 13.4 Å². The van der Waals surface area contributed by atoms with E-state index in [-0.39, 0.29) is 17.5 Å². The van der Waals surface area contributed by atoms with Gasteiger partial charge in [0.25, 0.3) is 0 Å². The first-order valence-electron chi connectivity index (χ1n) is 6.37. The van der Waals surface area contributed by atoms with Crippen LogP contribution in [0.25, 0.3) is 0 Å². The summed E-state index contributed by atoms with van der Waals surface area (Å²) in [7, 11) is -1.00. The summed E-state index contributed by atoms with van der Waals surface area (Å²) in [5.41, 5.74) is 0. The van der Waals surface area contributed by atoms with Gasteiger partial charge in [-0.3, -0.25) is 4.68 Å². The Bertz CT molecular complexity index is 547. The average molecular weight is 270 g/mol. The van der Waals surface area contributed by atoms with E-state index in [1.807, 2.05) is 7.05 Å². The summed E-state index contributed by atoms with van der Waals surface area (Å²) in [5.74, 6) is 2.79. The molecule has 2 fully saturated rings. The van der Waals surface area contributed by atoms with E-state index < -0.39 is 9.84 Å². The van der Waals surface area contributed by atoms with Crippen LogP contribution in [0.5, 0.6) is 0 Å². The number of sulfone groups is 1. The fraction of sp³-hybridized carbons (Fsp3) is 0.818. The van der Waals surface area contributed by atoms with Crippen LogP contribution in [0.4, 0.5) is 0 Å². The number of nitrogens with one attached hydrogen (secondary N) is 1. The summed E-state index contributed by atoms with van der Waals surface area (Å²) in [5, 5.41) is 7.65. The molecule has 1 N–H and O–H groups in total. The van der Waals surface area contributed by atoms with Gasteiger partial charge in [0, 0.05) is 32.0 Å². The lowest BCUT2D eigenvalue weighted by molar-refractivity contribution is 0.500. The summed E-state index contributed by atoms with van der Waals surface area (Å²) in [6.45, 7) is 0.542. The lowest BCUT2D eigenvalue weighted by Gasteiger charge is -2.22. The van der Waals surface area contributed by atoms with Gasteiger partial charge in [-0.05, 0) is 12.8 Å². The third-order valence-corrected chi connectivity index (χ3v) is 5.28. The van der Waals surface area contributed by atoms with Gasteiger partial charge in [0.1, 0.15) is 5.82 Å². The summed E-state index contributed by atoms with van der Waals surface area (Å²) in [4.78, 5) is 4.53. The van der Waals surface area contributed by atoms with Crippen LogP contribution in [0, 0.1) is 0 Å². The van der Waals surface area contributed by atoms with Crippen molar-refractivity contribution < 1.29 is 8.42 Å². The minimum absolute atomic E-state index is 0.0290. The van der Waals surface area contributed by atoms with Gasteiger partial charge in [0.2, 0.25) is 0 Å². The molecule has 0 amide bonds. The number of rotatable bonds is 3. The van der Waals surface area contributed by atoms with Crippen LogP contribution in [0.3, 0.4) is 0 Å². The maximum atomic E-state index is 11.6. The Morgan fingerprint density at radius 1 is 1.44 bits per heavy atom. The molecule has 1 saturated heterocycles. The Morgan fingerprint density at radius 2 is 2.22 bits per heavy atom. The predicted molar refractivity (Wildman–Crippen MR) is 67.1 cm³/mol. The zero-order valence-electron chi connectivity index (χ0n) is 10.5. The second kappa shape index (κ2) is 4.31. The maximum absolute atomic E-state index is 11.6. The van der Waals surface area contributed by atoms with Crippen molar-refractivity contribution >= 4 is 9.84 Å². The van der Waals surface area contributed by atoms with Gasteiger partial charge in [0.05, 0.1) is 11.5 Å². The molecule has 2 aliphatic rings. The number of aryl methyl sites for hydroxylation is 1. The summed E-state index contributed by atoms with van der Waals surface area (Å²) >= 11 is 0. The second-order valence-electron chi connectivity index (χ2n) is 5.25. The van der Waals surface area contributed by atoms with E-state index in [1.54, 1.807) is 4.68 Å². The van der Waals surface area contributed by atoms with Crippen molar-refractivity contribution in [2.24, 2.45) is 7.05 Å². The minimum Gasteiger partial charge on any atom is -0.312 e. The zero-order chi connectivity index (χ0) is 12.8. The van der Waals surface area contributed by atoms with Crippen molar-refractivity contribution in [3.8, 4) is 0 Å². The smallest absolute Gasteiger partial charge is 0.154 e. The SMILES string of the molecule is Cn1nc(C2CC2)nc1CC1CS(=O)(=O)CCN1. The fourth-order valence-corrected chi connectivity index (χ4v) is 3.79. The average Bonchev–Trinajstić information content (AvgIpc) is 3.04. The van der Waals surface area contributed by atoms with E-state index in [0.717, 1.165) is 11.6 Å². The number of hydrogen-bond donors (Lipinski definition) is 1. The largest absolute Gasteiger partial charge is 0.312 e. The van der Waals surface area contributed by atoms with Crippen LogP contribution in [-0.4, -0.2) is 47.3 Å². The third-order valence-electron chi connectivity index (χ3n) is 3.54. The number of hydrogen-bond acceptors (Lipinski definition) is 5. The van der Waals surface area contributed by atoms with Crippen molar-refractivity contribution in [2.75, 3.05) is 18.1 Å². The standard InChI is InChI=1S/C11H18N4O2S/c1-15-10(13-11(14-15)8-2-3-8)6-9-7-18(16,17)5-4-12-9/h8-9,12H,2-7H2,1H3. The zero-order valence-corrected chi connectivity index (χ0v) is 11.3. The Hall–Kier alpha value is -0.950. The second-order valence-corrected chi connectivity index (χ2v) is 7.48. The van der Waals surface area contributed by atoms with Crippen molar-refractivity contribution in [3.05, 3.63) is 11.6 Å². The van der Waals surface area contributed by atoms with Crippen molar-refractivity contribution in [1.29, 1.82) is 0 Å². The van der Waals surface area contributed by atoms with E-state index >= 15 is 0 Å². The highest BCUT2D eigenvalue weighted by atomic mass is 32.2. The summed E-state index contributed by atoms with van der Waals surface area (Å²) < 4.78 is 24.9. The fourth-order valence-electron chi connectivity index (χ4n) is 2.35. The molecule has 1 saturated carbocycles. The molecule has 1 aliphatic carbocycles. The van der Waals surface area contributed by atoms with Gasteiger partial charge in [-0.1, -0.05) is 0 Å². The van der Waals surface area contributed by atoms with Gasteiger partial charge >= 0.3 is 0 Å². The van der Waals surface area contributed by atoms with Gasteiger partial charge < -0.3 is 5.32 Å². The van der Waals surface area contributed by atoms with E-state index in [4.69, 9.17) is 0 Å².